The molecule has 1 heterocycles. The second-order valence-electron chi connectivity index (χ2n) is 3.06. The van der Waals surface area contributed by atoms with Gasteiger partial charge in [0, 0.05) is 25.2 Å². The Morgan fingerprint density at radius 2 is 2.50 bits per heavy atom. The van der Waals surface area contributed by atoms with Crippen LogP contribution in [-0.2, 0) is 4.79 Å². The number of likely N-dealkylation sites (N-methyl/N-ethyl adjacent to an activating group) is 1. The highest BCUT2D eigenvalue weighted by Gasteiger charge is 2.16. The maximum Gasteiger partial charge on any atom is 0.244 e. The van der Waals surface area contributed by atoms with E-state index in [9.17, 15) is 4.79 Å². The molecule has 78 valence electrons. The molecule has 0 radical (unpaired) electrons. The number of aromatic nitrogens is 1. The topological polar surface area (TPSA) is 45.2 Å². The summed E-state index contributed by atoms with van der Waals surface area (Å²) in [7, 11) is 1.79. The van der Waals surface area contributed by atoms with Crippen LogP contribution < -0.4 is 5.32 Å². The summed E-state index contributed by atoms with van der Waals surface area (Å²) >= 11 is 1.50. The summed E-state index contributed by atoms with van der Waals surface area (Å²) in [6.45, 7) is 4.52. The summed E-state index contributed by atoms with van der Waals surface area (Å²) in [5.74, 6) is 0.0858. The van der Waals surface area contributed by atoms with Crippen molar-refractivity contribution in [2.45, 2.75) is 19.9 Å². The number of amides is 1. The van der Waals surface area contributed by atoms with Gasteiger partial charge in [-0.25, -0.2) is 4.98 Å². The monoisotopic (exact) mass is 213 g/mol. The van der Waals surface area contributed by atoms with Crippen molar-refractivity contribution in [3.63, 3.8) is 0 Å². The van der Waals surface area contributed by atoms with Crippen LogP contribution in [-0.4, -0.2) is 35.4 Å². The van der Waals surface area contributed by atoms with Crippen LogP contribution in [0.3, 0.4) is 0 Å². The minimum absolute atomic E-state index is 0.0858. The normalized spacial score (nSPS) is 12.2. The highest BCUT2D eigenvalue weighted by Crippen LogP contribution is 2.12. The van der Waals surface area contributed by atoms with E-state index in [0.29, 0.717) is 0 Å². The van der Waals surface area contributed by atoms with Gasteiger partial charge in [0.25, 0.3) is 0 Å². The summed E-state index contributed by atoms with van der Waals surface area (Å²) in [5, 5.41) is 5.72. The van der Waals surface area contributed by atoms with Crippen LogP contribution in [0.5, 0.6) is 0 Å². The zero-order valence-corrected chi connectivity index (χ0v) is 9.47. The van der Waals surface area contributed by atoms with Crippen LogP contribution in [0.2, 0.25) is 0 Å². The minimum Gasteiger partial charge on any atom is -0.350 e. The molecule has 0 aliphatic carbocycles. The number of hydrogen-bond donors (Lipinski definition) is 1. The van der Waals surface area contributed by atoms with Crippen molar-refractivity contribution in [3.05, 3.63) is 11.6 Å². The molecule has 14 heavy (non-hydrogen) atoms. The molecule has 1 aromatic heterocycles. The molecule has 1 unspecified atom stereocenters. The summed E-state index contributed by atoms with van der Waals surface area (Å²) in [6, 6.07) is -0.217. The van der Waals surface area contributed by atoms with Crippen molar-refractivity contribution < 1.29 is 4.79 Å². The third-order valence-electron chi connectivity index (χ3n) is 1.99. The van der Waals surface area contributed by atoms with E-state index < -0.39 is 0 Å². The van der Waals surface area contributed by atoms with Crippen molar-refractivity contribution >= 4 is 22.4 Å². The molecule has 5 heteroatoms. The Bertz CT molecular complexity index is 286. The van der Waals surface area contributed by atoms with E-state index in [0.717, 1.165) is 11.7 Å². The molecule has 4 nitrogen and oxygen atoms in total. The lowest BCUT2D eigenvalue weighted by Crippen LogP contribution is -2.38. The highest BCUT2D eigenvalue weighted by molar-refractivity contribution is 7.13. The van der Waals surface area contributed by atoms with Crippen molar-refractivity contribution in [2.75, 3.05) is 18.9 Å². The number of anilines is 1. The molecule has 0 saturated carbocycles. The lowest BCUT2D eigenvalue weighted by atomic mass is 10.3. The molecule has 1 N–H and O–H groups in total. The molecule has 1 amide bonds. The van der Waals surface area contributed by atoms with E-state index >= 15 is 0 Å². The fraction of sp³-hybridized carbons (Fsp3) is 0.556. The van der Waals surface area contributed by atoms with Gasteiger partial charge in [0.15, 0.2) is 5.13 Å². The standard InChI is InChI=1S/C9H15N3OS/c1-4-12(3)8(13)7(2)11-9-10-5-6-14-9/h5-7H,4H2,1-3H3,(H,10,11). The Kier molecular flexibility index (Phi) is 3.88. The first-order valence-corrected chi connectivity index (χ1v) is 5.44. The molecule has 1 rings (SSSR count). The van der Waals surface area contributed by atoms with Gasteiger partial charge >= 0.3 is 0 Å². The zero-order chi connectivity index (χ0) is 10.6. The average molecular weight is 213 g/mol. The van der Waals surface area contributed by atoms with Crippen LogP contribution >= 0.6 is 11.3 Å². The Balaban J connectivity index is 2.50. The molecule has 0 spiro atoms. The Morgan fingerprint density at radius 3 is 3.00 bits per heavy atom. The lowest BCUT2D eigenvalue weighted by molar-refractivity contribution is -0.130. The molecule has 0 saturated heterocycles. The van der Waals surface area contributed by atoms with E-state index in [1.165, 1.54) is 11.3 Å². The summed E-state index contributed by atoms with van der Waals surface area (Å²) in [6.07, 6.45) is 1.72. The first-order valence-electron chi connectivity index (χ1n) is 4.56. The number of carbonyl (C=O) groups excluding carboxylic acids is 1. The largest absolute Gasteiger partial charge is 0.350 e. The average Bonchev–Trinajstić information content (AvgIpc) is 2.68. The third kappa shape index (κ3) is 2.70. The van der Waals surface area contributed by atoms with Crippen molar-refractivity contribution in [1.82, 2.24) is 9.88 Å². The number of carbonyl (C=O) groups is 1. The molecule has 0 fully saturated rings. The smallest absolute Gasteiger partial charge is 0.244 e. The predicted octanol–water partition coefficient (Wildman–Crippen LogP) is 1.42. The Hall–Kier alpha value is -1.10. The Morgan fingerprint density at radius 1 is 1.79 bits per heavy atom. The maximum atomic E-state index is 11.6. The number of rotatable bonds is 4. The summed E-state index contributed by atoms with van der Waals surface area (Å²) in [5.41, 5.74) is 0. The van der Waals surface area contributed by atoms with Gasteiger partial charge in [-0.15, -0.1) is 11.3 Å². The second kappa shape index (κ2) is 4.95. The summed E-state index contributed by atoms with van der Waals surface area (Å²) in [4.78, 5) is 17.4. The molecule has 0 aliphatic rings. The molecular weight excluding hydrogens is 198 g/mol. The van der Waals surface area contributed by atoms with Gasteiger partial charge in [0.1, 0.15) is 6.04 Å². The highest BCUT2D eigenvalue weighted by atomic mass is 32.1. The molecule has 0 bridgehead atoms. The van der Waals surface area contributed by atoms with Gasteiger partial charge < -0.3 is 10.2 Å². The summed E-state index contributed by atoms with van der Waals surface area (Å²) < 4.78 is 0. The first-order chi connectivity index (χ1) is 6.65. The molecular formula is C9H15N3OS. The van der Waals surface area contributed by atoms with Crippen LogP contribution in [0.25, 0.3) is 0 Å². The quantitative estimate of drug-likeness (QED) is 0.822. The predicted molar refractivity (Wildman–Crippen MR) is 58.5 cm³/mol. The third-order valence-corrected chi connectivity index (χ3v) is 2.70. The number of thiazole rings is 1. The van der Waals surface area contributed by atoms with Gasteiger partial charge in [-0.2, -0.15) is 0 Å². The molecule has 1 atom stereocenters. The van der Waals surface area contributed by atoms with Gasteiger partial charge in [-0.3, -0.25) is 4.79 Å². The fourth-order valence-corrected chi connectivity index (χ4v) is 1.65. The van der Waals surface area contributed by atoms with Gasteiger partial charge in [-0.05, 0) is 13.8 Å². The first kappa shape index (κ1) is 11.0. The molecule has 0 aliphatic heterocycles. The Labute approximate surface area is 88.0 Å². The van der Waals surface area contributed by atoms with Gasteiger partial charge in [0.05, 0.1) is 0 Å². The second-order valence-corrected chi connectivity index (χ2v) is 3.95. The minimum atomic E-state index is -0.217. The van der Waals surface area contributed by atoms with Gasteiger partial charge in [-0.1, -0.05) is 0 Å². The van der Waals surface area contributed by atoms with Crippen molar-refractivity contribution in [3.8, 4) is 0 Å². The van der Waals surface area contributed by atoms with E-state index in [1.807, 2.05) is 19.2 Å². The van der Waals surface area contributed by atoms with E-state index in [1.54, 1.807) is 18.1 Å². The van der Waals surface area contributed by atoms with Crippen LogP contribution in [0.1, 0.15) is 13.8 Å². The van der Waals surface area contributed by atoms with Crippen LogP contribution in [0, 0.1) is 0 Å². The lowest BCUT2D eigenvalue weighted by Gasteiger charge is -2.20. The van der Waals surface area contributed by atoms with E-state index in [-0.39, 0.29) is 11.9 Å². The molecule has 1 aromatic rings. The zero-order valence-electron chi connectivity index (χ0n) is 8.65. The van der Waals surface area contributed by atoms with E-state index in [4.69, 9.17) is 0 Å². The van der Waals surface area contributed by atoms with Crippen LogP contribution in [0.15, 0.2) is 11.6 Å². The van der Waals surface area contributed by atoms with E-state index in [2.05, 4.69) is 10.3 Å². The SMILES string of the molecule is CCN(C)C(=O)C(C)Nc1nccs1. The van der Waals surface area contributed by atoms with Crippen molar-refractivity contribution in [1.29, 1.82) is 0 Å². The number of nitrogens with one attached hydrogen (secondary N) is 1. The fourth-order valence-electron chi connectivity index (χ4n) is 1.03. The van der Waals surface area contributed by atoms with Crippen LogP contribution in [0.4, 0.5) is 5.13 Å². The molecule has 0 aromatic carbocycles. The van der Waals surface area contributed by atoms with Gasteiger partial charge in [0.2, 0.25) is 5.91 Å². The van der Waals surface area contributed by atoms with Crippen molar-refractivity contribution in [2.24, 2.45) is 0 Å². The number of nitrogens with zero attached hydrogens (tertiary/aromatic N) is 2. The maximum absolute atomic E-state index is 11.6. The number of hydrogen-bond acceptors (Lipinski definition) is 4.